The Balaban J connectivity index is 1.68. The van der Waals surface area contributed by atoms with Crippen LogP contribution in [0.3, 0.4) is 0 Å². The number of anilines is 2. The van der Waals surface area contributed by atoms with Gasteiger partial charge in [0.15, 0.2) is 0 Å². The minimum absolute atomic E-state index is 0.0442. The molecule has 0 saturated carbocycles. The van der Waals surface area contributed by atoms with Gasteiger partial charge in [0.2, 0.25) is 11.8 Å². The quantitative estimate of drug-likeness (QED) is 0.846. The number of methoxy groups -OCH3 is 1. The van der Waals surface area contributed by atoms with E-state index in [0.717, 1.165) is 27.2 Å². The number of aryl methyl sites for hydroxylation is 1. The van der Waals surface area contributed by atoms with Crippen LogP contribution in [0.5, 0.6) is 5.75 Å². The van der Waals surface area contributed by atoms with E-state index in [2.05, 4.69) is 21.2 Å². The highest BCUT2D eigenvalue weighted by Gasteiger charge is 2.35. The monoisotopic (exact) mass is 402 g/mol. The van der Waals surface area contributed by atoms with Crippen LogP contribution in [-0.4, -0.2) is 25.5 Å². The summed E-state index contributed by atoms with van der Waals surface area (Å²) < 4.78 is 6.12. The van der Waals surface area contributed by atoms with E-state index in [9.17, 15) is 9.59 Å². The predicted octanol–water partition coefficient (Wildman–Crippen LogP) is 3.76. The molecule has 130 valence electrons. The molecular formula is C19H19BrN2O3. The summed E-state index contributed by atoms with van der Waals surface area (Å²) in [5, 5.41) is 2.90. The van der Waals surface area contributed by atoms with Crippen molar-refractivity contribution in [1.82, 2.24) is 0 Å². The van der Waals surface area contributed by atoms with Crippen molar-refractivity contribution in [2.75, 3.05) is 23.9 Å². The molecule has 6 heteroatoms. The molecule has 1 fully saturated rings. The summed E-state index contributed by atoms with van der Waals surface area (Å²) in [4.78, 5) is 26.5. The summed E-state index contributed by atoms with van der Waals surface area (Å²) in [6.45, 7) is 2.34. The molecule has 2 aromatic rings. The molecule has 1 heterocycles. The minimum atomic E-state index is -0.362. The molecule has 1 unspecified atom stereocenters. The number of carbonyl (C=O) groups excluding carboxylic acids is 2. The van der Waals surface area contributed by atoms with Crippen LogP contribution in [0.2, 0.25) is 0 Å². The smallest absolute Gasteiger partial charge is 0.229 e. The third-order valence-corrected chi connectivity index (χ3v) is 5.20. The second-order valence-electron chi connectivity index (χ2n) is 6.06. The Labute approximate surface area is 155 Å². The molecule has 1 N–H and O–H groups in total. The lowest BCUT2D eigenvalue weighted by Crippen LogP contribution is -2.28. The summed E-state index contributed by atoms with van der Waals surface area (Å²) in [5.41, 5.74) is 2.56. The van der Waals surface area contributed by atoms with Gasteiger partial charge in [-0.1, -0.05) is 15.9 Å². The molecule has 2 amide bonds. The van der Waals surface area contributed by atoms with Crippen LogP contribution in [0.15, 0.2) is 46.9 Å². The zero-order valence-corrected chi connectivity index (χ0v) is 15.7. The molecule has 1 aliphatic heterocycles. The molecule has 0 aromatic heterocycles. The van der Waals surface area contributed by atoms with Gasteiger partial charge in [0.1, 0.15) is 5.75 Å². The van der Waals surface area contributed by atoms with Gasteiger partial charge in [0, 0.05) is 28.8 Å². The molecule has 1 saturated heterocycles. The van der Waals surface area contributed by atoms with E-state index in [4.69, 9.17) is 4.74 Å². The van der Waals surface area contributed by atoms with Gasteiger partial charge < -0.3 is 15.0 Å². The van der Waals surface area contributed by atoms with E-state index in [-0.39, 0.29) is 24.2 Å². The normalized spacial score (nSPS) is 16.8. The van der Waals surface area contributed by atoms with Crippen LogP contribution in [0.1, 0.15) is 12.0 Å². The van der Waals surface area contributed by atoms with Crippen LogP contribution in [0.25, 0.3) is 0 Å². The van der Waals surface area contributed by atoms with Crippen LogP contribution in [-0.2, 0) is 9.59 Å². The number of carbonyl (C=O) groups is 2. The Bertz CT molecular complexity index is 805. The lowest BCUT2D eigenvalue weighted by molar-refractivity contribution is -0.122. The first-order chi connectivity index (χ1) is 12.0. The fraction of sp³-hybridized carbons (Fsp3) is 0.263. The van der Waals surface area contributed by atoms with Crippen molar-refractivity contribution in [2.45, 2.75) is 13.3 Å². The van der Waals surface area contributed by atoms with Crippen molar-refractivity contribution >= 4 is 39.1 Å². The largest absolute Gasteiger partial charge is 0.497 e. The second kappa shape index (κ2) is 7.27. The van der Waals surface area contributed by atoms with Crippen molar-refractivity contribution in [3.63, 3.8) is 0 Å². The Kier molecular flexibility index (Phi) is 5.08. The van der Waals surface area contributed by atoms with E-state index >= 15 is 0 Å². The summed E-state index contributed by atoms with van der Waals surface area (Å²) in [7, 11) is 1.60. The Morgan fingerprint density at radius 1 is 1.24 bits per heavy atom. The van der Waals surface area contributed by atoms with E-state index in [1.807, 2.05) is 37.3 Å². The number of benzene rings is 2. The van der Waals surface area contributed by atoms with Gasteiger partial charge in [-0.15, -0.1) is 0 Å². The van der Waals surface area contributed by atoms with Crippen LogP contribution >= 0.6 is 15.9 Å². The van der Waals surface area contributed by atoms with Gasteiger partial charge in [0.25, 0.3) is 0 Å². The van der Waals surface area contributed by atoms with E-state index in [1.54, 1.807) is 24.1 Å². The van der Waals surface area contributed by atoms with Crippen molar-refractivity contribution in [2.24, 2.45) is 5.92 Å². The molecule has 0 aliphatic carbocycles. The Morgan fingerprint density at radius 2 is 1.96 bits per heavy atom. The van der Waals surface area contributed by atoms with Crippen LogP contribution < -0.4 is 15.0 Å². The zero-order valence-electron chi connectivity index (χ0n) is 14.1. The van der Waals surface area contributed by atoms with Crippen molar-refractivity contribution in [1.29, 1.82) is 0 Å². The van der Waals surface area contributed by atoms with Gasteiger partial charge >= 0.3 is 0 Å². The number of halogens is 1. The first kappa shape index (κ1) is 17.5. The minimum Gasteiger partial charge on any atom is -0.497 e. The molecule has 5 nitrogen and oxygen atoms in total. The molecule has 0 spiro atoms. The van der Waals surface area contributed by atoms with Crippen LogP contribution in [0.4, 0.5) is 11.4 Å². The van der Waals surface area contributed by atoms with Gasteiger partial charge in [-0.05, 0) is 55.0 Å². The lowest BCUT2D eigenvalue weighted by atomic mass is 10.1. The van der Waals surface area contributed by atoms with Gasteiger partial charge in [-0.2, -0.15) is 0 Å². The molecule has 1 atom stereocenters. The maximum atomic E-state index is 12.5. The predicted molar refractivity (Wildman–Crippen MR) is 101 cm³/mol. The Morgan fingerprint density at radius 3 is 2.60 bits per heavy atom. The summed E-state index contributed by atoms with van der Waals surface area (Å²) in [6, 6.07) is 12.9. The fourth-order valence-corrected chi connectivity index (χ4v) is 3.11. The number of ether oxygens (including phenoxy) is 1. The highest BCUT2D eigenvalue weighted by atomic mass is 79.9. The number of amides is 2. The second-order valence-corrected chi connectivity index (χ2v) is 6.91. The maximum Gasteiger partial charge on any atom is 0.229 e. The summed E-state index contributed by atoms with van der Waals surface area (Å²) in [6.07, 6.45) is 0.216. The Hall–Kier alpha value is -2.34. The first-order valence-electron chi connectivity index (χ1n) is 7.99. The molecular weight excluding hydrogens is 384 g/mol. The standard InChI is InChI=1S/C19H19BrN2O3/c1-12-9-14(3-8-17(12)20)21-19(24)13-10-18(23)22(11-13)15-4-6-16(25-2)7-5-15/h3-9,13H,10-11H2,1-2H3,(H,21,24). The highest BCUT2D eigenvalue weighted by molar-refractivity contribution is 9.10. The first-order valence-corrected chi connectivity index (χ1v) is 8.78. The lowest BCUT2D eigenvalue weighted by Gasteiger charge is -2.17. The number of rotatable bonds is 4. The van der Waals surface area contributed by atoms with E-state index < -0.39 is 0 Å². The average molecular weight is 403 g/mol. The van der Waals surface area contributed by atoms with Crippen molar-refractivity contribution < 1.29 is 14.3 Å². The molecule has 0 bridgehead atoms. The van der Waals surface area contributed by atoms with Gasteiger partial charge in [-0.25, -0.2) is 0 Å². The maximum absolute atomic E-state index is 12.5. The van der Waals surface area contributed by atoms with Crippen LogP contribution in [0, 0.1) is 12.8 Å². The number of hydrogen-bond donors (Lipinski definition) is 1. The van der Waals surface area contributed by atoms with E-state index in [1.165, 1.54) is 0 Å². The average Bonchev–Trinajstić information content (AvgIpc) is 3.00. The fourth-order valence-electron chi connectivity index (χ4n) is 2.86. The summed E-state index contributed by atoms with van der Waals surface area (Å²) >= 11 is 3.44. The van der Waals surface area contributed by atoms with Crippen molar-refractivity contribution in [3.05, 3.63) is 52.5 Å². The molecule has 25 heavy (non-hydrogen) atoms. The topological polar surface area (TPSA) is 58.6 Å². The molecule has 1 aliphatic rings. The number of hydrogen-bond acceptors (Lipinski definition) is 3. The third kappa shape index (κ3) is 3.85. The SMILES string of the molecule is COc1ccc(N2CC(C(=O)Nc3ccc(Br)c(C)c3)CC2=O)cc1. The molecule has 2 aromatic carbocycles. The summed E-state index contributed by atoms with van der Waals surface area (Å²) in [5.74, 6) is 0.192. The van der Waals surface area contributed by atoms with Gasteiger partial charge in [-0.3, -0.25) is 9.59 Å². The number of nitrogens with one attached hydrogen (secondary N) is 1. The molecule has 3 rings (SSSR count). The van der Waals surface area contributed by atoms with Crippen molar-refractivity contribution in [3.8, 4) is 5.75 Å². The van der Waals surface area contributed by atoms with E-state index in [0.29, 0.717) is 6.54 Å². The van der Waals surface area contributed by atoms with Gasteiger partial charge in [0.05, 0.1) is 13.0 Å². The zero-order chi connectivity index (χ0) is 18.0. The highest BCUT2D eigenvalue weighted by Crippen LogP contribution is 2.28. The molecule has 0 radical (unpaired) electrons. The number of nitrogens with zero attached hydrogens (tertiary/aromatic N) is 1. The third-order valence-electron chi connectivity index (χ3n) is 4.31.